The number of benzene rings is 1. The molecule has 0 spiro atoms. The van der Waals surface area contributed by atoms with Crippen molar-refractivity contribution in [2.45, 2.75) is 19.3 Å². The Hall–Kier alpha value is -1.36. The van der Waals surface area contributed by atoms with E-state index in [-0.39, 0.29) is 18.1 Å². The van der Waals surface area contributed by atoms with Crippen LogP contribution in [0, 0.1) is 5.92 Å². The van der Waals surface area contributed by atoms with Crippen molar-refractivity contribution < 1.29 is 18.3 Å². The van der Waals surface area contributed by atoms with Crippen LogP contribution in [0.4, 0.5) is 0 Å². The number of aliphatic carboxylic acids is 1. The molecule has 1 fully saturated rings. The summed E-state index contributed by atoms with van der Waals surface area (Å²) in [5.41, 5.74) is 1.84. The summed E-state index contributed by atoms with van der Waals surface area (Å²) in [6.45, 7) is 0. The Morgan fingerprint density at radius 1 is 1.22 bits per heavy atom. The maximum absolute atomic E-state index is 11.3. The van der Waals surface area contributed by atoms with E-state index in [1.807, 2.05) is 12.1 Å². The predicted octanol–water partition coefficient (Wildman–Crippen LogP) is 1.29. The minimum absolute atomic E-state index is 0.0259. The Kier molecular flexibility index (Phi) is 3.71. The molecule has 98 valence electrons. The summed E-state index contributed by atoms with van der Waals surface area (Å²) in [6.07, 6.45) is 1.52. The zero-order valence-corrected chi connectivity index (χ0v) is 10.8. The van der Waals surface area contributed by atoms with Crippen molar-refractivity contribution >= 4 is 15.8 Å². The molecule has 1 aromatic carbocycles. The quantitative estimate of drug-likeness (QED) is 0.893. The molecule has 0 amide bonds. The van der Waals surface area contributed by atoms with Crippen molar-refractivity contribution in [2.24, 2.45) is 5.92 Å². The number of sulfone groups is 1. The van der Waals surface area contributed by atoms with E-state index in [1.54, 1.807) is 12.1 Å². The smallest absolute Gasteiger partial charge is 0.307 e. The lowest BCUT2D eigenvalue weighted by Gasteiger charge is -2.08. The molecule has 0 saturated carbocycles. The maximum atomic E-state index is 11.3. The van der Waals surface area contributed by atoms with Gasteiger partial charge in [-0.2, -0.15) is 0 Å². The van der Waals surface area contributed by atoms with Crippen LogP contribution in [0.25, 0.3) is 0 Å². The van der Waals surface area contributed by atoms with Gasteiger partial charge in [-0.3, -0.25) is 4.79 Å². The SMILES string of the molecule is O=C(O)Cc1ccc(CC2CCS(=O)(=O)C2)cc1. The lowest BCUT2D eigenvalue weighted by Crippen LogP contribution is -2.07. The van der Waals surface area contributed by atoms with Gasteiger partial charge in [0.05, 0.1) is 17.9 Å². The van der Waals surface area contributed by atoms with E-state index in [0.29, 0.717) is 5.75 Å². The first-order chi connectivity index (χ1) is 8.44. The van der Waals surface area contributed by atoms with E-state index in [2.05, 4.69) is 0 Å². The average Bonchev–Trinajstić information content (AvgIpc) is 2.60. The van der Waals surface area contributed by atoms with Crippen LogP contribution in [0.3, 0.4) is 0 Å². The van der Waals surface area contributed by atoms with Crippen LogP contribution < -0.4 is 0 Å². The Morgan fingerprint density at radius 2 is 1.83 bits per heavy atom. The summed E-state index contributed by atoms with van der Waals surface area (Å²) in [7, 11) is -2.82. The molecule has 4 nitrogen and oxygen atoms in total. The fraction of sp³-hybridized carbons (Fsp3) is 0.462. The van der Waals surface area contributed by atoms with E-state index in [9.17, 15) is 13.2 Å². The van der Waals surface area contributed by atoms with Gasteiger partial charge in [0.15, 0.2) is 9.84 Å². The zero-order chi connectivity index (χ0) is 13.2. The molecule has 0 aromatic heterocycles. The highest BCUT2D eigenvalue weighted by molar-refractivity contribution is 7.91. The summed E-state index contributed by atoms with van der Waals surface area (Å²) >= 11 is 0. The van der Waals surface area contributed by atoms with Crippen LogP contribution in [0.1, 0.15) is 17.5 Å². The third-order valence-electron chi connectivity index (χ3n) is 3.23. The fourth-order valence-corrected chi connectivity index (χ4v) is 4.20. The van der Waals surface area contributed by atoms with E-state index in [0.717, 1.165) is 24.0 Å². The number of hydrogen-bond acceptors (Lipinski definition) is 3. The van der Waals surface area contributed by atoms with Gasteiger partial charge in [-0.1, -0.05) is 24.3 Å². The minimum atomic E-state index is -2.82. The summed E-state index contributed by atoms with van der Waals surface area (Å²) in [6, 6.07) is 7.38. The lowest BCUT2D eigenvalue weighted by atomic mass is 9.98. The van der Waals surface area contributed by atoms with Crippen molar-refractivity contribution in [1.82, 2.24) is 0 Å². The molecule has 1 aromatic rings. The third-order valence-corrected chi connectivity index (χ3v) is 5.07. The fourth-order valence-electron chi connectivity index (χ4n) is 2.33. The van der Waals surface area contributed by atoms with Gasteiger partial charge >= 0.3 is 5.97 Å². The molecular weight excluding hydrogens is 252 g/mol. The van der Waals surface area contributed by atoms with Gasteiger partial charge in [0.25, 0.3) is 0 Å². The Labute approximate surface area is 107 Å². The maximum Gasteiger partial charge on any atom is 0.307 e. The van der Waals surface area contributed by atoms with Crippen molar-refractivity contribution in [1.29, 1.82) is 0 Å². The molecular formula is C13H16O4S. The van der Waals surface area contributed by atoms with Crippen molar-refractivity contribution in [3.8, 4) is 0 Å². The summed E-state index contributed by atoms with van der Waals surface area (Å²) in [4.78, 5) is 10.5. The molecule has 18 heavy (non-hydrogen) atoms. The van der Waals surface area contributed by atoms with Crippen molar-refractivity contribution in [3.63, 3.8) is 0 Å². The molecule has 1 aliphatic rings. The van der Waals surface area contributed by atoms with E-state index < -0.39 is 15.8 Å². The van der Waals surface area contributed by atoms with Crippen molar-refractivity contribution in [3.05, 3.63) is 35.4 Å². The van der Waals surface area contributed by atoms with Gasteiger partial charge in [0, 0.05) is 0 Å². The monoisotopic (exact) mass is 268 g/mol. The second-order valence-electron chi connectivity index (χ2n) is 4.86. The number of hydrogen-bond donors (Lipinski definition) is 1. The molecule has 0 radical (unpaired) electrons. The largest absolute Gasteiger partial charge is 0.481 e. The highest BCUT2D eigenvalue weighted by atomic mass is 32.2. The lowest BCUT2D eigenvalue weighted by molar-refractivity contribution is -0.136. The van der Waals surface area contributed by atoms with Gasteiger partial charge in [-0.05, 0) is 29.9 Å². The Morgan fingerprint density at radius 3 is 2.33 bits per heavy atom. The summed E-state index contributed by atoms with van der Waals surface area (Å²) in [5.74, 6) is -0.0523. The number of rotatable bonds is 4. The topological polar surface area (TPSA) is 71.4 Å². The predicted molar refractivity (Wildman–Crippen MR) is 68.2 cm³/mol. The van der Waals surface area contributed by atoms with Crippen molar-refractivity contribution in [2.75, 3.05) is 11.5 Å². The second-order valence-corrected chi connectivity index (χ2v) is 7.09. The molecule has 1 unspecified atom stereocenters. The van der Waals surface area contributed by atoms with Gasteiger partial charge in [-0.25, -0.2) is 8.42 Å². The number of carbonyl (C=O) groups is 1. The molecule has 1 atom stereocenters. The summed E-state index contributed by atoms with van der Waals surface area (Å²) in [5, 5.41) is 8.66. The third kappa shape index (κ3) is 3.57. The first-order valence-corrected chi connectivity index (χ1v) is 7.77. The van der Waals surface area contributed by atoms with Crippen LogP contribution in [0.5, 0.6) is 0 Å². The first kappa shape index (κ1) is 13.1. The Bertz CT molecular complexity index is 531. The molecule has 1 heterocycles. The molecule has 1 aliphatic heterocycles. The second kappa shape index (κ2) is 5.10. The van der Waals surface area contributed by atoms with Crippen LogP contribution in [-0.4, -0.2) is 31.0 Å². The standard InChI is InChI=1S/C13H16O4S/c14-13(15)8-11-3-1-10(2-4-11)7-12-5-6-18(16,17)9-12/h1-4,12H,5-9H2,(H,14,15). The van der Waals surface area contributed by atoms with Crippen LogP contribution >= 0.6 is 0 Å². The Balaban J connectivity index is 1.97. The zero-order valence-electron chi connectivity index (χ0n) is 10.0. The van der Waals surface area contributed by atoms with Gasteiger partial charge in [0.2, 0.25) is 0 Å². The van der Waals surface area contributed by atoms with Crippen LogP contribution in [0.2, 0.25) is 0 Å². The molecule has 0 aliphatic carbocycles. The van der Waals surface area contributed by atoms with E-state index in [1.165, 1.54) is 0 Å². The highest BCUT2D eigenvalue weighted by Crippen LogP contribution is 2.22. The average molecular weight is 268 g/mol. The number of carboxylic acids is 1. The molecule has 5 heteroatoms. The van der Waals surface area contributed by atoms with Gasteiger partial charge in [-0.15, -0.1) is 0 Å². The van der Waals surface area contributed by atoms with Crippen LogP contribution in [-0.2, 0) is 27.5 Å². The van der Waals surface area contributed by atoms with Gasteiger partial charge < -0.3 is 5.11 Å². The summed E-state index contributed by atoms with van der Waals surface area (Å²) < 4.78 is 22.7. The molecule has 0 bridgehead atoms. The molecule has 1 N–H and O–H groups in total. The highest BCUT2D eigenvalue weighted by Gasteiger charge is 2.27. The minimum Gasteiger partial charge on any atom is -0.481 e. The normalized spacial score (nSPS) is 21.9. The molecule has 1 saturated heterocycles. The molecule has 2 rings (SSSR count). The van der Waals surface area contributed by atoms with Gasteiger partial charge in [0.1, 0.15) is 0 Å². The van der Waals surface area contributed by atoms with E-state index >= 15 is 0 Å². The number of carboxylic acid groups (broad SMARTS) is 1. The van der Waals surface area contributed by atoms with E-state index in [4.69, 9.17) is 5.11 Å². The first-order valence-electron chi connectivity index (χ1n) is 5.95. The van der Waals surface area contributed by atoms with Crippen LogP contribution in [0.15, 0.2) is 24.3 Å².